The lowest BCUT2D eigenvalue weighted by Crippen LogP contribution is -2.30. The van der Waals surface area contributed by atoms with Gasteiger partial charge < -0.3 is 14.8 Å². The predicted molar refractivity (Wildman–Crippen MR) is 106 cm³/mol. The zero-order valence-corrected chi connectivity index (χ0v) is 17.0. The summed E-state index contributed by atoms with van der Waals surface area (Å²) in [5.74, 6) is 0.600. The molecule has 0 unspecified atom stereocenters. The van der Waals surface area contributed by atoms with Crippen LogP contribution in [0.5, 0.6) is 11.5 Å². The summed E-state index contributed by atoms with van der Waals surface area (Å²) in [5.41, 5.74) is 1.02. The van der Waals surface area contributed by atoms with Crippen LogP contribution in [0.25, 0.3) is 0 Å². The molecule has 146 valence electrons. The van der Waals surface area contributed by atoms with Crippen LogP contribution in [0.3, 0.4) is 0 Å². The highest BCUT2D eigenvalue weighted by Gasteiger charge is 2.16. The third kappa shape index (κ3) is 5.51. The van der Waals surface area contributed by atoms with Gasteiger partial charge in [0.15, 0.2) is 6.10 Å². The van der Waals surface area contributed by atoms with Crippen molar-refractivity contribution in [2.45, 2.75) is 13.0 Å². The molecule has 7 nitrogen and oxygen atoms in total. The zero-order valence-electron chi connectivity index (χ0n) is 15.4. The number of methoxy groups -OCH3 is 1. The minimum absolute atomic E-state index is 0.353. The molecule has 0 spiro atoms. The summed E-state index contributed by atoms with van der Waals surface area (Å²) in [7, 11) is -0.372. The van der Waals surface area contributed by atoms with Crippen LogP contribution in [0.4, 0.5) is 11.4 Å². The molecule has 1 atom stereocenters. The minimum atomic E-state index is -3.34. The molecule has 0 fully saturated rings. The summed E-state index contributed by atoms with van der Waals surface area (Å²) in [6, 6.07) is 11.3. The third-order valence-corrected chi connectivity index (χ3v) is 5.30. The highest BCUT2D eigenvalue weighted by Crippen LogP contribution is 2.27. The van der Waals surface area contributed by atoms with Crippen LogP contribution in [0, 0.1) is 0 Å². The number of ether oxygens (including phenoxy) is 2. The molecule has 9 heteroatoms. The molecule has 0 heterocycles. The molecule has 0 aliphatic rings. The summed E-state index contributed by atoms with van der Waals surface area (Å²) in [6.45, 7) is 1.61. The van der Waals surface area contributed by atoms with E-state index in [2.05, 4.69) is 5.32 Å². The molecule has 2 rings (SSSR count). The minimum Gasteiger partial charge on any atom is -0.495 e. The van der Waals surface area contributed by atoms with Gasteiger partial charge in [-0.15, -0.1) is 0 Å². The van der Waals surface area contributed by atoms with Crippen LogP contribution in [-0.4, -0.2) is 40.8 Å². The molecule has 0 aliphatic carbocycles. The summed E-state index contributed by atoms with van der Waals surface area (Å²) in [5, 5.41) is 3.10. The lowest BCUT2D eigenvalue weighted by molar-refractivity contribution is -0.122. The fourth-order valence-corrected chi connectivity index (χ4v) is 2.93. The Morgan fingerprint density at radius 1 is 1.19 bits per heavy atom. The van der Waals surface area contributed by atoms with E-state index in [-0.39, 0.29) is 5.91 Å². The molecule has 0 saturated heterocycles. The van der Waals surface area contributed by atoms with Gasteiger partial charge in [0.05, 0.1) is 24.1 Å². The second-order valence-corrected chi connectivity index (χ2v) is 8.24. The van der Waals surface area contributed by atoms with E-state index in [4.69, 9.17) is 21.1 Å². The molecule has 1 amide bonds. The topological polar surface area (TPSA) is 84.9 Å². The second kappa shape index (κ2) is 8.49. The molecule has 2 aromatic carbocycles. The first kappa shape index (κ1) is 20.9. The predicted octanol–water partition coefficient (Wildman–Crippen LogP) is 3.15. The van der Waals surface area contributed by atoms with Gasteiger partial charge in [0.2, 0.25) is 10.0 Å². The van der Waals surface area contributed by atoms with Crippen molar-refractivity contribution in [3.63, 3.8) is 0 Å². The van der Waals surface area contributed by atoms with E-state index < -0.39 is 16.1 Å². The maximum absolute atomic E-state index is 12.3. The van der Waals surface area contributed by atoms with E-state index in [9.17, 15) is 13.2 Å². The van der Waals surface area contributed by atoms with E-state index in [1.165, 1.54) is 14.2 Å². The van der Waals surface area contributed by atoms with Gasteiger partial charge in [-0.05, 0) is 49.4 Å². The lowest BCUT2D eigenvalue weighted by atomic mass is 10.2. The van der Waals surface area contributed by atoms with Crippen molar-refractivity contribution in [2.75, 3.05) is 30.0 Å². The Morgan fingerprint density at radius 2 is 1.81 bits per heavy atom. The van der Waals surface area contributed by atoms with Crippen molar-refractivity contribution in [1.29, 1.82) is 0 Å². The van der Waals surface area contributed by atoms with Gasteiger partial charge in [0.1, 0.15) is 11.5 Å². The van der Waals surface area contributed by atoms with Gasteiger partial charge in [-0.1, -0.05) is 11.6 Å². The Morgan fingerprint density at radius 3 is 2.33 bits per heavy atom. The number of carbonyl (C=O) groups is 1. The Bertz CT molecular complexity index is 916. The molecular weight excluding hydrogens is 392 g/mol. The van der Waals surface area contributed by atoms with Crippen molar-refractivity contribution >= 4 is 38.9 Å². The number of hydrogen-bond acceptors (Lipinski definition) is 5. The van der Waals surface area contributed by atoms with Gasteiger partial charge in [0.25, 0.3) is 5.91 Å². The Balaban J connectivity index is 2.01. The summed E-state index contributed by atoms with van der Waals surface area (Å²) >= 11 is 6.04. The first-order valence-corrected chi connectivity index (χ1v) is 10.2. The zero-order chi connectivity index (χ0) is 20.2. The number of anilines is 2. The normalized spacial score (nSPS) is 12.2. The SMILES string of the molecule is COc1ccc(NC(=O)[C@@H](C)Oc2ccc(N(C)S(C)(=O)=O)cc2)cc1Cl. The van der Waals surface area contributed by atoms with Crippen LogP contribution in [0.2, 0.25) is 5.02 Å². The van der Waals surface area contributed by atoms with Crippen molar-refractivity contribution in [3.05, 3.63) is 47.5 Å². The number of nitrogens with one attached hydrogen (secondary N) is 1. The molecule has 1 N–H and O–H groups in total. The Kier molecular flexibility index (Phi) is 6.56. The summed E-state index contributed by atoms with van der Waals surface area (Å²) in [6.07, 6.45) is 0.347. The average Bonchev–Trinajstić information content (AvgIpc) is 2.61. The number of nitrogens with zero attached hydrogens (tertiary/aromatic N) is 1. The van der Waals surface area contributed by atoms with Gasteiger partial charge in [-0.25, -0.2) is 8.42 Å². The molecule has 27 heavy (non-hydrogen) atoms. The maximum Gasteiger partial charge on any atom is 0.265 e. The highest BCUT2D eigenvalue weighted by atomic mass is 35.5. The number of rotatable bonds is 7. The number of sulfonamides is 1. The van der Waals surface area contributed by atoms with Gasteiger partial charge in [-0.3, -0.25) is 9.10 Å². The Hall–Kier alpha value is -2.45. The van der Waals surface area contributed by atoms with Crippen LogP contribution in [0.1, 0.15) is 6.92 Å². The van der Waals surface area contributed by atoms with Gasteiger partial charge in [-0.2, -0.15) is 0 Å². The summed E-state index contributed by atoms with van der Waals surface area (Å²) < 4.78 is 34.9. The van der Waals surface area contributed by atoms with Gasteiger partial charge >= 0.3 is 0 Å². The first-order valence-electron chi connectivity index (χ1n) is 7.97. The van der Waals surface area contributed by atoms with Crippen molar-refractivity contribution in [2.24, 2.45) is 0 Å². The molecule has 0 aromatic heterocycles. The maximum atomic E-state index is 12.3. The number of benzene rings is 2. The van der Waals surface area contributed by atoms with E-state index in [0.717, 1.165) is 10.6 Å². The number of halogens is 1. The van der Waals surface area contributed by atoms with Crippen LogP contribution < -0.4 is 19.1 Å². The molecule has 0 bridgehead atoms. The molecule has 0 radical (unpaired) electrons. The molecular formula is C18H21ClN2O5S. The monoisotopic (exact) mass is 412 g/mol. The average molecular weight is 413 g/mol. The number of hydrogen-bond donors (Lipinski definition) is 1. The summed E-state index contributed by atoms with van der Waals surface area (Å²) in [4.78, 5) is 12.3. The van der Waals surface area contributed by atoms with E-state index in [0.29, 0.717) is 27.9 Å². The van der Waals surface area contributed by atoms with Crippen LogP contribution >= 0.6 is 11.6 Å². The van der Waals surface area contributed by atoms with Crippen molar-refractivity contribution in [3.8, 4) is 11.5 Å². The fourth-order valence-electron chi connectivity index (χ4n) is 2.17. The van der Waals surface area contributed by atoms with Crippen LogP contribution in [0.15, 0.2) is 42.5 Å². The largest absolute Gasteiger partial charge is 0.495 e. The van der Waals surface area contributed by atoms with E-state index in [1.54, 1.807) is 49.4 Å². The number of amides is 1. The van der Waals surface area contributed by atoms with Gasteiger partial charge in [0, 0.05) is 12.7 Å². The number of carbonyl (C=O) groups excluding carboxylic acids is 1. The Labute approximate surface area is 163 Å². The molecule has 0 saturated carbocycles. The second-order valence-electron chi connectivity index (χ2n) is 5.82. The smallest absolute Gasteiger partial charge is 0.265 e. The van der Waals surface area contributed by atoms with Crippen molar-refractivity contribution < 1.29 is 22.7 Å². The third-order valence-electron chi connectivity index (χ3n) is 3.80. The van der Waals surface area contributed by atoms with E-state index in [1.807, 2.05) is 0 Å². The lowest BCUT2D eigenvalue weighted by Gasteiger charge is -2.18. The van der Waals surface area contributed by atoms with Crippen molar-refractivity contribution in [1.82, 2.24) is 0 Å². The molecule has 0 aliphatic heterocycles. The standard InChI is InChI=1S/C18H21ClN2O5S/c1-12(18(22)20-13-5-10-17(25-3)16(19)11-13)26-15-8-6-14(7-9-15)21(2)27(4,23)24/h5-12H,1-4H3,(H,20,22)/t12-/m1/s1. The fraction of sp³-hybridized carbons (Fsp3) is 0.278. The van der Waals surface area contributed by atoms with Crippen LogP contribution in [-0.2, 0) is 14.8 Å². The first-order chi connectivity index (χ1) is 12.6. The molecule has 2 aromatic rings. The highest BCUT2D eigenvalue weighted by molar-refractivity contribution is 7.92. The van der Waals surface area contributed by atoms with E-state index >= 15 is 0 Å². The quantitative estimate of drug-likeness (QED) is 0.755.